The molecule has 0 aliphatic carbocycles. The standard InChI is InChI=1S/C10H10FIO3S/c1-2-16(14,15)10(12)9(13)7-4-3-5-8(11)6-7/h3-6,10H,2H2,1H3. The Bertz CT molecular complexity index is 499. The van der Waals surface area contributed by atoms with Crippen molar-refractivity contribution < 1.29 is 17.6 Å². The lowest BCUT2D eigenvalue weighted by Crippen LogP contribution is -2.26. The summed E-state index contributed by atoms with van der Waals surface area (Å²) < 4.78 is 34.7. The first kappa shape index (κ1) is 13.6. The summed E-state index contributed by atoms with van der Waals surface area (Å²) in [5.74, 6) is -1.24. The second kappa shape index (κ2) is 5.22. The van der Waals surface area contributed by atoms with Crippen LogP contribution in [0.25, 0.3) is 0 Å². The third-order valence-electron chi connectivity index (χ3n) is 2.03. The van der Waals surface area contributed by atoms with E-state index in [9.17, 15) is 17.6 Å². The molecule has 16 heavy (non-hydrogen) atoms. The Kier molecular flexibility index (Phi) is 4.43. The molecule has 0 spiro atoms. The molecule has 1 rings (SSSR count). The van der Waals surface area contributed by atoms with E-state index in [0.29, 0.717) is 0 Å². The van der Waals surface area contributed by atoms with E-state index in [1.807, 2.05) is 0 Å². The van der Waals surface area contributed by atoms with Crippen LogP contribution in [0.4, 0.5) is 4.39 Å². The maximum atomic E-state index is 12.9. The summed E-state index contributed by atoms with van der Waals surface area (Å²) >= 11 is 1.57. The smallest absolute Gasteiger partial charge is 0.190 e. The molecule has 0 aliphatic heterocycles. The monoisotopic (exact) mass is 356 g/mol. The first-order valence-electron chi connectivity index (χ1n) is 4.54. The Balaban J connectivity index is 3.04. The van der Waals surface area contributed by atoms with Crippen molar-refractivity contribution >= 4 is 38.2 Å². The maximum absolute atomic E-state index is 12.9. The van der Waals surface area contributed by atoms with Crippen molar-refractivity contribution in [2.24, 2.45) is 0 Å². The number of hydrogen-bond donors (Lipinski definition) is 0. The fourth-order valence-electron chi connectivity index (χ4n) is 1.08. The van der Waals surface area contributed by atoms with E-state index < -0.39 is 24.7 Å². The molecular weight excluding hydrogens is 346 g/mol. The van der Waals surface area contributed by atoms with Crippen molar-refractivity contribution in [2.75, 3.05) is 5.75 Å². The van der Waals surface area contributed by atoms with Crippen molar-refractivity contribution in [3.63, 3.8) is 0 Å². The normalized spacial score (nSPS) is 13.4. The molecule has 6 heteroatoms. The number of halogens is 2. The summed E-state index contributed by atoms with van der Waals surface area (Å²) in [5.41, 5.74) is 0.0800. The molecular formula is C10H10FIO3S. The van der Waals surface area contributed by atoms with Gasteiger partial charge in [0.2, 0.25) is 0 Å². The maximum Gasteiger partial charge on any atom is 0.190 e. The van der Waals surface area contributed by atoms with Gasteiger partial charge in [-0.25, -0.2) is 12.8 Å². The van der Waals surface area contributed by atoms with Gasteiger partial charge < -0.3 is 0 Å². The number of benzene rings is 1. The van der Waals surface area contributed by atoms with Crippen molar-refractivity contribution in [2.45, 2.75) is 10.2 Å². The summed E-state index contributed by atoms with van der Waals surface area (Å²) in [6.07, 6.45) is 0. The van der Waals surface area contributed by atoms with Crippen molar-refractivity contribution in [1.82, 2.24) is 0 Å². The van der Waals surface area contributed by atoms with E-state index in [2.05, 4.69) is 0 Å². The number of ketones is 1. The zero-order chi connectivity index (χ0) is 12.3. The van der Waals surface area contributed by atoms with E-state index in [1.165, 1.54) is 25.1 Å². The average molecular weight is 356 g/mol. The highest BCUT2D eigenvalue weighted by atomic mass is 127. The predicted molar refractivity (Wildman–Crippen MR) is 68.0 cm³/mol. The SMILES string of the molecule is CCS(=O)(=O)C(I)C(=O)c1cccc(F)c1. The van der Waals surface area contributed by atoms with Crippen molar-refractivity contribution in [3.05, 3.63) is 35.6 Å². The highest BCUT2D eigenvalue weighted by molar-refractivity contribution is 14.1. The van der Waals surface area contributed by atoms with Crippen LogP contribution in [0.2, 0.25) is 0 Å². The van der Waals surface area contributed by atoms with Crippen LogP contribution in [0.15, 0.2) is 24.3 Å². The fraction of sp³-hybridized carbons (Fsp3) is 0.300. The van der Waals surface area contributed by atoms with Gasteiger partial charge in [0.1, 0.15) is 5.82 Å². The van der Waals surface area contributed by atoms with Gasteiger partial charge in [-0.15, -0.1) is 0 Å². The molecule has 0 fully saturated rings. The van der Waals surface area contributed by atoms with Crippen LogP contribution in [0.1, 0.15) is 17.3 Å². The van der Waals surface area contributed by atoms with Crippen LogP contribution in [-0.2, 0) is 9.84 Å². The molecule has 0 saturated heterocycles. The Hall–Kier alpha value is -0.500. The summed E-state index contributed by atoms with van der Waals surface area (Å²) in [5, 5.41) is 0. The van der Waals surface area contributed by atoms with E-state index in [-0.39, 0.29) is 11.3 Å². The minimum Gasteiger partial charge on any atom is -0.292 e. The summed E-state index contributed by atoms with van der Waals surface area (Å²) in [6, 6.07) is 5.03. The van der Waals surface area contributed by atoms with Crippen LogP contribution >= 0.6 is 22.6 Å². The van der Waals surface area contributed by atoms with Gasteiger partial charge in [0.15, 0.2) is 18.9 Å². The Morgan fingerprint density at radius 2 is 2.12 bits per heavy atom. The zero-order valence-corrected chi connectivity index (χ0v) is 11.5. The molecule has 0 N–H and O–H groups in total. The Labute approximate surface area is 107 Å². The highest BCUT2D eigenvalue weighted by Crippen LogP contribution is 2.18. The van der Waals surface area contributed by atoms with Crippen LogP contribution in [0, 0.1) is 5.82 Å². The second-order valence-corrected chi connectivity index (χ2v) is 7.61. The van der Waals surface area contributed by atoms with Gasteiger partial charge >= 0.3 is 0 Å². The van der Waals surface area contributed by atoms with Gasteiger partial charge in [0.25, 0.3) is 0 Å². The second-order valence-electron chi connectivity index (χ2n) is 3.14. The number of rotatable bonds is 4. The molecule has 1 unspecified atom stereocenters. The van der Waals surface area contributed by atoms with Crippen LogP contribution in [-0.4, -0.2) is 23.2 Å². The quantitative estimate of drug-likeness (QED) is 0.472. The average Bonchev–Trinajstić information content (AvgIpc) is 2.27. The minimum absolute atomic E-state index is 0.0800. The van der Waals surface area contributed by atoms with Crippen LogP contribution in [0.3, 0.4) is 0 Å². The lowest BCUT2D eigenvalue weighted by atomic mass is 10.1. The molecule has 1 atom stereocenters. The molecule has 0 aromatic heterocycles. The number of carbonyl (C=O) groups is 1. The van der Waals surface area contributed by atoms with Gasteiger partial charge in [-0.2, -0.15) is 0 Å². The number of sulfone groups is 1. The lowest BCUT2D eigenvalue weighted by Gasteiger charge is -2.08. The van der Waals surface area contributed by atoms with E-state index in [0.717, 1.165) is 6.07 Å². The third kappa shape index (κ3) is 3.00. The first-order valence-corrected chi connectivity index (χ1v) is 7.50. The number of carbonyl (C=O) groups excluding carboxylic acids is 1. The molecule has 1 aromatic rings. The van der Waals surface area contributed by atoms with Gasteiger partial charge in [-0.1, -0.05) is 41.6 Å². The molecule has 0 aliphatic rings. The van der Waals surface area contributed by atoms with Gasteiger partial charge in [-0.05, 0) is 12.1 Å². The first-order chi connectivity index (χ1) is 7.38. The largest absolute Gasteiger partial charge is 0.292 e. The molecule has 0 amide bonds. The molecule has 1 aromatic carbocycles. The number of Topliss-reactive ketones (excluding diaryl/α,β-unsaturated/α-hetero) is 1. The molecule has 0 saturated carbocycles. The van der Waals surface area contributed by atoms with Crippen LogP contribution in [0.5, 0.6) is 0 Å². The molecule has 3 nitrogen and oxygen atoms in total. The molecule has 0 bridgehead atoms. The minimum atomic E-state index is -3.44. The summed E-state index contributed by atoms with van der Waals surface area (Å²) in [4.78, 5) is 11.7. The highest BCUT2D eigenvalue weighted by Gasteiger charge is 2.28. The Morgan fingerprint density at radius 1 is 1.50 bits per heavy atom. The van der Waals surface area contributed by atoms with Crippen molar-refractivity contribution in [1.29, 1.82) is 0 Å². The molecule has 0 heterocycles. The van der Waals surface area contributed by atoms with Gasteiger partial charge in [-0.3, -0.25) is 4.79 Å². The predicted octanol–water partition coefficient (Wildman–Crippen LogP) is 2.20. The number of alkyl halides is 1. The van der Waals surface area contributed by atoms with E-state index in [1.54, 1.807) is 22.6 Å². The third-order valence-corrected chi connectivity index (χ3v) is 6.57. The van der Waals surface area contributed by atoms with E-state index in [4.69, 9.17) is 0 Å². The Morgan fingerprint density at radius 3 is 2.62 bits per heavy atom. The summed E-state index contributed by atoms with van der Waals surface area (Å²) in [7, 11) is -3.44. The lowest BCUT2D eigenvalue weighted by molar-refractivity contribution is 0.101. The fourth-order valence-corrected chi connectivity index (χ4v) is 3.28. The molecule has 0 radical (unpaired) electrons. The zero-order valence-electron chi connectivity index (χ0n) is 8.48. The van der Waals surface area contributed by atoms with E-state index >= 15 is 0 Å². The topological polar surface area (TPSA) is 51.2 Å². The molecule has 88 valence electrons. The van der Waals surface area contributed by atoms with Gasteiger partial charge in [0, 0.05) is 11.3 Å². The number of hydrogen-bond acceptors (Lipinski definition) is 3. The van der Waals surface area contributed by atoms with Gasteiger partial charge in [0.05, 0.1) is 0 Å². The van der Waals surface area contributed by atoms with Crippen molar-refractivity contribution in [3.8, 4) is 0 Å². The summed E-state index contributed by atoms with van der Waals surface area (Å²) in [6.45, 7) is 1.47. The van der Waals surface area contributed by atoms with Crippen LogP contribution < -0.4 is 0 Å².